The first-order valence-corrected chi connectivity index (χ1v) is 6.55. The Morgan fingerprint density at radius 2 is 1.94 bits per heavy atom. The molecule has 1 unspecified atom stereocenters. The average molecular weight is 236 g/mol. The molecule has 0 N–H and O–H groups in total. The molecule has 0 amide bonds. The van der Waals surface area contributed by atoms with Crippen LogP contribution in [0.4, 0.5) is 0 Å². The zero-order valence-corrected chi connectivity index (χ0v) is 11.1. The Morgan fingerprint density at radius 1 is 1.19 bits per heavy atom. The second kappa shape index (κ2) is 5.77. The Kier molecular flexibility index (Phi) is 4.34. The van der Waals surface area contributed by atoms with Gasteiger partial charge < -0.3 is 0 Å². The molecule has 1 aromatic rings. The third-order valence-corrected chi connectivity index (χ3v) is 4.12. The molecule has 1 aliphatic rings. The first kappa shape index (κ1) is 12.0. The van der Waals surface area contributed by atoms with Gasteiger partial charge in [-0.15, -0.1) is 0 Å². The molecule has 3 heteroatoms. The predicted molar refractivity (Wildman–Crippen MR) is 72.2 cm³/mol. The van der Waals surface area contributed by atoms with E-state index in [0.29, 0.717) is 6.04 Å². The molecule has 0 saturated carbocycles. The van der Waals surface area contributed by atoms with Crippen LogP contribution in [-0.4, -0.2) is 35.2 Å². The molecule has 1 fully saturated rings. The lowest BCUT2D eigenvalue weighted by Crippen LogP contribution is -2.27. The summed E-state index contributed by atoms with van der Waals surface area (Å²) in [7, 11) is 2.85. The summed E-state index contributed by atoms with van der Waals surface area (Å²) >= 11 is 0. The molecule has 0 bridgehead atoms. The largest absolute Gasteiger partial charge is 0.298 e. The maximum absolute atomic E-state index is 2.85. The Balaban J connectivity index is 1.91. The lowest BCUT2D eigenvalue weighted by Gasteiger charge is -2.20. The fourth-order valence-electron chi connectivity index (χ4n) is 2.12. The molecular formula is C13H21N2P. The second-order valence-corrected chi connectivity index (χ2v) is 5.30. The molecule has 0 aliphatic carbocycles. The van der Waals surface area contributed by atoms with Gasteiger partial charge in [-0.1, -0.05) is 39.7 Å². The molecule has 1 aromatic carbocycles. The van der Waals surface area contributed by atoms with Gasteiger partial charge in [0.1, 0.15) is 0 Å². The van der Waals surface area contributed by atoms with Crippen molar-refractivity contribution in [3.05, 3.63) is 35.9 Å². The zero-order valence-electron chi connectivity index (χ0n) is 9.97. The zero-order chi connectivity index (χ0) is 11.4. The van der Waals surface area contributed by atoms with Crippen LogP contribution >= 0.6 is 9.39 Å². The molecule has 2 rings (SSSR count). The van der Waals surface area contributed by atoms with E-state index in [9.17, 15) is 0 Å². The molecule has 1 heterocycles. The molecule has 2 atom stereocenters. The summed E-state index contributed by atoms with van der Waals surface area (Å²) in [5.74, 6) is 0. The van der Waals surface area contributed by atoms with Gasteiger partial charge in [0.15, 0.2) is 0 Å². The second-order valence-electron chi connectivity index (χ2n) is 4.64. The molecule has 0 spiro atoms. The number of hydrogen-bond donors (Lipinski definition) is 0. The molecule has 1 aliphatic heterocycles. The van der Waals surface area contributed by atoms with E-state index in [0.717, 1.165) is 13.1 Å². The molecule has 88 valence electrons. The predicted octanol–water partition coefficient (Wildman–Crippen LogP) is 2.37. The van der Waals surface area contributed by atoms with Gasteiger partial charge in [-0.05, 0) is 18.9 Å². The van der Waals surface area contributed by atoms with Crippen LogP contribution in [-0.2, 0) is 6.54 Å². The van der Waals surface area contributed by atoms with Crippen molar-refractivity contribution >= 4 is 9.39 Å². The van der Waals surface area contributed by atoms with Crippen molar-refractivity contribution in [2.45, 2.75) is 25.9 Å². The van der Waals surface area contributed by atoms with Crippen LogP contribution < -0.4 is 0 Å². The van der Waals surface area contributed by atoms with Gasteiger partial charge >= 0.3 is 0 Å². The lowest BCUT2D eigenvalue weighted by molar-refractivity contribution is 0.280. The van der Waals surface area contributed by atoms with E-state index in [1.54, 1.807) is 0 Å². The molecule has 2 nitrogen and oxygen atoms in total. The van der Waals surface area contributed by atoms with Gasteiger partial charge in [0, 0.05) is 32.2 Å². The van der Waals surface area contributed by atoms with Crippen LogP contribution in [0.25, 0.3) is 0 Å². The summed E-state index contributed by atoms with van der Waals surface area (Å²) in [6, 6.07) is 11.4. The van der Waals surface area contributed by atoms with E-state index >= 15 is 0 Å². The number of benzene rings is 1. The Morgan fingerprint density at radius 3 is 2.69 bits per heavy atom. The number of nitrogens with zero attached hydrogens (tertiary/aromatic N) is 2. The minimum absolute atomic E-state index is 0.686. The Bertz CT molecular complexity index is 303. The minimum Gasteiger partial charge on any atom is -0.298 e. The fraction of sp³-hybridized carbons (Fsp3) is 0.538. The highest BCUT2D eigenvalue weighted by Gasteiger charge is 2.17. The molecule has 1 saturated heterocycles. The van der Waals surface area contributed by atoms with E-state index in [2.05, 4.69) is 56.2 Å². The van der Waals surface area contributed by atoms with Crippen molar-refractivity contribution in [2.24, 2.45) is 0 Å². The van der Waals surface area contributed by atoms with Crippen LogP contribution in [0, 0.1) is 0 Å². The minimum atomic E-state index is 0.686. The first-order chi connectivity index (χ1) is 7.75. The van der Waals surface area contributed by atoms with Gasteiger partial charge in [0.2, 0.25) is 0 Å². The van der Waals surface area contributed by atoms with Gasteiger partial charge in [-0.25, -0.2) is 0 Å². The topological polar surface area (TPSA) is 6.48 Å². The van der Waals surface area contributed by atoms with Gasteiger partial charge in [0.25, 0.3) is 0 Å². The highest BCUT2D eigenvalue weighted by molar-refractivity contribution is 7.13. The van der Waals surface area contributed by atoms with Gasteiger partial charge in [-0.2, -0.15) is 0 Å². The van der Waals surface area contributed by atoms with Gasteiger partial charge in [-0.3, -0.25) is 9.57 Å². The van der Waals surface area contributed by atoms with Crippen molar-refractivity contribution in [3.8, 4) is 0 Å². The quantitative estimate of drug-likeness (QED) is 0.727. The maximum Gasteiger partial charge on any atom is 0.0234 e. The van der Waals surface area contributed by atoms with E-state index in [1.807, 2.05) is 0 Å². The summed E-state index contributed by atoms with van der Waals surface area (Å²) in [4.78, 5) is 2.55. The molecule has 0 aromatic heterocycles. The Labute approximate surface area is 101 Å². The van der Waals surface area contributed by atoms with E-state index in [1.165, 1.54) is 25.1 Å². The van der Waals surface area contributed by atoms with Crippen LogP contribution in [0.1, 0.15) is 18.9 Å². The lowest BCUT2D eigenvalue weighted by atomic mass is 10.2. The van der Waals surface area contributed by atoms with Crippen LogP contribution in [0.15, 0.2) is 30.3 Å². The third-order valence-electron chi connectivity index (χ3n) is 3.35. The van der Waals surface area contributed by atoms with Crippen LogP contribution in [0.3, 0.4) is 0 Å². The summed E-state index contributed by atoms with van der Waals surface area (Å²) < 4.78 is 2.38. The summed E-state index contributed by atoms with van der Waals surface area (Å²) in [6.45, 7) is 6.92. The summed E-state index contributed by atoms with van der Waals surface area (Å²) in [5.41, 5.74) is 1.42. The molecule has 0 radical (unpaired) electrons. The highest BCUT2D eigenvalue weighted by Crippen LogP contribution is 2.16. The molecule has 16 heavy (non-hydrogen) atoms. The van der Waals surface area contributed by atoms with E-state index in [-0.39, 0.29) is 0 Å². The standard InChI is InChI=1S/C13H21N2P/c1-12-7-8-14(9-10-15(12)16)11-13-5-3-2-4-6-13/h2-6,12H,7-11,16H2,1H3/t12-/m1/s1. The van der Waals surface area contributed by atoms with Crippen molar-refractivity contribution in [1.82, 2.24) is 9.57 Å². The smallest absolute Gasteiger partial charge is 0.0234 e. The highest BCUT2D eigenvalue weighted by atomic mass is 31.0. The summed E-state index contributed by atoms with van der Waals surface area (Å²) in [5, 5.41) is 0. The van der Waals surface area contributed by atoms with E-state index in [4.69, 9.17) is 0 Å². The SMILES string of the molecule is C[C@@H]1CCN(Cc2ccccc2)CCN1P. The third kappa shape index (κ3) is 3.28. The molecular weight excluding hydrogens is 215 g/mol. The summed E-state index contributed by atoms with van der Waals surface area (Å²) in [6.07, 6.45) is 1.26. The maximum atomic E-state index is 2.85. The van der Waals surface area contributed by atoms with Gasteiger partial charge in [0.05, 0.1) is 0 Å². The van der Waals surface area contributed by atoms with Crippen LogP contribution in [0.2, 0.25) is 0 Å². The van der Waals surface area contributed by atoms with Crippen molar-refractivity contribution in [3.63, 3.8) is 0 Å². The fourth-order valence-corrected chi connectivity index (χ4v) is 2.39. The first-order valence-electron chi connectivity index (χ1n) is 6.03. The van der Waals surface area contributed by atoms with E-state index < -0.39 is 0 Å². The number of rotatable bonds is 2. The monoisotopic (exact) mass is 236 g/mol. The Hall–Kier alpha value is -0.430. The van der Waals surface area contributed by atoms with Crippen molar-refractivity contribution in [2.75, 3.05) is 19.6 Å². The average Bonchev–Trinajstić information content (AvgIpc) is 2.46. The van der Waals surface area contributed by atoms with Crippen LogP contribution in [0.5, 0.6) is 0 Å². The normalized spacial score (nSPS) is 24.2. The van der Waals surface area contributed by atoms with Crippen molar-refractivity contribution < 1.29 is 0 Å². The van der Waals surface area contributed by atoms with Crippen molar-refractivity contribution in [1.29, 1.82) is 0 Å². The number of hydrogen-bond acceptors (Lipinski definition) is 2.